The molecule has 6 heteroatoms. The van der Waals surface area contributed by atoms with Gasteiger partial charge in [-0.05, 0) is 42.7 Å². The standard InChI is InChI=1S/C23H26N4O2/c1-16(2)14-25-23(29)20-6-4-5-7-21(20)26-22(28)19-10-8-18(9-11-19)15-27-13-12-24-17(27)3/h4-13,16H,14-15H2,1-3H3,(H,25,29)(H,26,28). The van der Waals surface area contributed by atoms with Gasteiger partial charge in [-0.3, -0.25) is 9.59 Å². The summed E-state index contributed by atoms with van der Waals surface area (Å²) in [5.74, 6) is 0.851. The van der Waals surface area contributed by atoms with Gasteiger partial charge in [-0.15, -0.1) is 0 Å². The summed E-state index contributed by atoms with van der Waals surface area (Å²) in [6.07, 6.45) is 3.70. The van der Waals surface area contributed by atoms with Crippen LogP contribution in [0.25, 0.3) is 0 Å². The van der Waals surface area contributed by atoms with Crippen LogP contribution in [0.4, 0.5) is 5.69 Å². The Morgan fingerprint density at radius 1 is 1.03 bits per heavy atom. The van der Waals surface area contributed by atoms with Gasteiger partial charge in [0.05, 0.1) is 11.3 Å². The highest BCUT2D eigenvalue weighted by molar-refractivity contribution is 6.09. The Bertz CT molecular complexity index is 990. The van der Waals surface area contributed by atoms with E-state index in [1.54, 1.807) is 42.6 Å². The quantitative estimate of drug-likeness (QED) is 0.643. The number of hydrogen-bond donors (Lipinski definition) is 2. The minimum Gasteiger partial charge on any atom is -0.352 e. The lowest BCUT2D eigenvalue weighted by Crippen LogP contribution is -2.28. The number of amides is 2. The molecule has 3 rings (SSSR count). The number of anilines is 1. The van der Waals surface area contributed by atoms with Gasteiger partial charge in [0, 0.05) is 31.0 Å². The lowest BCUT2D eigenvalue weighted by molar-refractivity contribution is 0.0950. The monoisotopic (exact) mass is 390 g/mol. The first-order chi connectivity index (χ1) is 13.9. The molecular weight excluding hydrogens is 364 g/mol. The Kier molecular flexibility index (Phi) is 6.44. The normalized spacial score (nSPS) is 10.8. The molecule has 3 aromatic rings. The molecule has 0 saturated heterocycles. The summed E-state index contributed by atoms with van der Waals surface area (Å²) in [5.41, 5.74) is 2.56. The summed E-state index contributed by atoms with van der Waals surface area (Å²) >= 11 is 0. The van der Waals surface area contributed by atoms with Gasteiger partial charge in [0.2, 0.25) is 0 Å². The van der Waals surface area contributed by atoms with Gasteiger partial charge in [0.25, 0.3) is 11.8 Å². The third kappa shape index (κ3) is 5.31. The van der Waals surface area contributed by atoms with Crippen LogP contribution < -0.4 is 10.6 Å². The number of nitrogens with zero attached hydrogens (tertiary/aromatic N) is 2. The van der Waals surface area contributed by atoms with Gasteiger partial charge < -0.3 is 15.2 Å². The van der Waals surface area contributed by atoms with E-state index in [4.69, 9.17) is 0 Å². The fraction of sp³-hybridized carbons (Fsp3) is 0.261. The predicted octanol–water partition coefficient (Wildman–Crippen LogP) is 3.88. The highest BCUT2D eigenvalue weighted by atomic mass is 16.2. The van der Waals surface area contributed by atoms with Crippen LogP contribution in [0.3, 0.4) is 0 Å². The van der Waals surface area contributed by atoms with Crippen molar-refractivity contribution in [1.82, 2.24) is 14.9 Å². The fourth-order valence-corrected chi connectivity index (χ4v) is 2.91. The highest BCUT2D eigenvalue weighted by Gasteiger charge is 2.14. The molecule has 150 valence electrons. The van der Waals surface area contributed by atoms with Crippen molar-refractivity contribution in [3.05, 3.63) is 83.4 Å². The van der Waals surface area contributed by atoms with E-state index in [0.29, 0.717) is 35.8 Å². The Hall–Kier alpha value is -3.41. The summed E-state index contributed by atoms with van der Waals surface area (Å²) < 4.78 is 2.04. The van der Waals surface area contributed by atoms with E-state index >= 15 is 0 Å². The molecule has 0 radical (unpaired) electrons. The molecule has 6 nitrogen and oxygen atoms in total. The van der Waals surface area contributed by atoms with Gasteiger partial charge in [-0.1, -0.05) is 38.1 Å². The molecule has 29 heavy (non-hydrogen) atoms. The van der Waals surface area contributed by atoms with Crippen molar-refractivity contribution in [2.24, 2.45) is 5.92 Å². The Labute approximate surface area is 171 Å². The van der Waals surface area contributed by atoms with Crippen molar-refractivity contribution in [3.63, 3.8) is 0 Å². The Balaban J connectivity index is 1.69. The molecule has 0 atom stereocenters. The van der Waals surface area contributed by atoms with Crippen molar-refractivity contribution in [2.75, 3.05) is 11.9 Å². The molecule has 0 saturated carbocycles. The van der Waals surface area contributed by atoms with Crippen molar-refractivity contribution in [3.8, 4) is 0 Å². The maximum atomic E-state index is 12.7. The largest absolute Gasteiger partial charge is 0.352 e. The molecule has 0 aliphatic heterocycles. The number of imidazole rings is 1. The van der Waals surface area contributed by atoms with E-state index in [1.807, 2.05) is 43.7 Å². The molecule has 0 aliphatic carbocycles. The number of aromatic nitrogens is 2. The minimum atomic E-state index is -0.250. The lowest BCUT2D eigenvalue weighted by atomic mass is 10.1. The molecule has 0 fully saturated rings. The second-order valence-electron chi connectivity index (χ2n) is 7.40. The topological polar surface area (TPSA) is 76.0 Å². The molecule has 2 amide bonds. The summed E-state index contributed by atoms with van der Waals surface area (Å²) in [7, 11) is 0. The minimum absolute atomic E-state index is 0.194. The van der Waals surface area contributed by atoms with Gasteiger partial charge >= 0.3 is 0 Å². The Morgan fingerprint density at radius 3 is 2.41 bits per heavy atom. The molecule has 1 aromatic heterocycles. The maximum Gasteiger partial charge on any atom is 0.255 e. The van der Waals surface area contributed by atoms with Crippen LogP contribution in [0.1, 0.15) is 46.0 Å². The van der Waals surface area contributed by atoms with Crippen molar-refractivity contribution in [1.29, 1.82) is 0 Å². The van der Waals surface area contributed by atoms with Gasteiger partial charge in [-0.2, -0.15) is 0 Å². The van der Waals surface area contributed by atoms with Crippen LogP contribution in [0.15, 0.2) is 60.9 Å². The van der Waals surface area contributed by atoms with Crippen LogP contribution in [-0.4, -0.2) is 27.9 Å². The van der Waals surface area contributed by atoms with Crippen molar-refractivity contribution in [2.45, 2.75) is 27.3 Å². The average molecular weight is 390 g/mol. The molecule has 0 unspecified atom stereocenters. The zero-order chi connectivity index (χ0) is 20.8. The number of carbonyl (C=O) groups excluding carboxylic acids is 2. The van der Waals surface area contributed by atoms with E-state index in [9.17, 15) is 9.59 Å². The van der Waals surface area contributed by atoms with Gasteiger partial charge in [0.1, 0.15) is 5.82 Å². The van der Waals surface area contributed by atoms with Crippen LogP contribution >= 0.6 is 0 Å². The third-order valence-corrected chi connectivity index (χ3v) is 4.58. The SMILES string of the molecule is Cc1nccn1Cc1ccc(C(=O)Nc2ccccc2C(=O)NCC(C)C)cc1. The second kappa shape index (κ2) is 9.19. The summed E-state index contributed by atoms with van der Waals surface area (Å²) in [4.78, 5) is 29.3. The Morgan fingerprint density at radius 2 is 1.76 bits per heavy atom. The zero-order valence-electron chi connectivity index (χ0n) is 17.0. The van der Waals surface area contributed by atoms with E-state index in [2.05, 4.69) is 15.6 Å². The fourth-order valence-electron chi connectivity index (χ4n) is 2.91. The molecule has 2 N–H and O–H groups in total. The van der Waals surface area contributed by atoms with Crippen LogP contribution in [-0.2, 0) is 6.54 Å². The van der Waals surface area contributed by atoms with Gasteiger partial charge in [0.15, 0.2) is 0 Å². The van der Waals surface area contributed by atoms with Crippen LogP contribution in [0.2, 0.25) is 0 Å². The number of hydrogen-bond acceptors (Lipinski definition) is 3. The number of benzene rings is 2. The summed E-state index contributed by atoms with van der Waals surface area (Å²) in [5, 5.41) is 5.74. The number of nitrogens with one attached hydrogen (secondary N) is 2. The number of carbonyl (C=O) groups is 2. The first-order valence-corrected chi connectivity index (χ1v) is 9.69. The zero-order valence-corrected chi connectivity index (χ0v) is 17.0. The van der Waals surface area contributed by atoms with E-state index in [-0.39, 0.29) is 11.8 Å². The molecule has 0 spiro atoms. The molecular formula is C23H26N4O2. The summed E-state index contributed by atoms with van der Waals surface area (Å²) in [6.45, 7) is 7.31. The van der Waals surface area contributed by atoms with Crippen LogP contribution in [0, 0.1) is 12.8 Å². The highest BCUT2D eigenvalue weighted by Crippen LogP contribution is 2.17. The maximum absolute atomic E-state index is 12.7. The van der Waals surface area contributed by atoms with Gasteiger partial charge in [-0.25, -0.2) is 4.98 Å². The first-order valence-electron chi connectivity index (χ1n) is 9.69. The molecule has 0 aliphatic rings. The van der Waals surface area contributed by atoms with Crippen molar-refractivity contribution >= 4 is 17.5 Å². The number of para-hydroxylation sites is 1. The summed E-state index contributed by atoms with van der Waals surface area (Å²) in [6, 6.07) is 14.5. The van der Waals surface area contributed by atoms with E-state index in [1.165, 1.54) is 0 Å². The first kappa shape index (κ1) is 20.3. The van der Waals surface area contributed by atoms with Crippen molar-refractivity contribution < 1.29 is 9.59 Å². The average Bonchev–Trinajstić information content (AvgIpc) is 3.11. The van der Waals surface area contributed by atoms with E-state index < -0.39 is 0 Å². The lowest BCUT2D eigenvalue weighted by Gasteiger charge is -2.13. The number of aryl methyl sites for hydroxylation is 1. The molecule has 2 aromatic carbocycles. The predicted molar refractivity (Wildman–Crippen MR) is 114 cm³/mol. The molecule has 0 bridgehead atoms. The molecule has 1 heterocycles. The third-order valence-electron chi connectivity index (χ3n) is 4.58. The second-order valence-corrected chi connectivity index (χ2v) is 7.40. The number of rotatable bonds is 7. The van der Waals surface area contributed by atoms with E-state index in [0.717, 1.165) is 11.4 Å². The van der Waals surface area contributed by atoms with Crippen LogP contribution in [0.5, 0.6) is 0 Å². The smallest absolute Gasteiger partial charge is 0.255 e.